The molecule has 80 valence electrons. The summed E-state index contributed by atoms with van der Waals surface area (Å²) >= 11 is 0. The summed E-state index contributed by atoms with van der Waals surface area (Å²) in [4.78, 5) is 13.3. The lowest BCUT2D eigenvalue weighted by atomic mass is 9.97. The minimum absolute atomic E-state index is 0.0306. The maximum Gasteiger partial charge on any atom is 0.321 e. The molecule has 0 unspecified atom stereocenters. The van der Waals surface area contributed by atoms with Gasteiger partial charge in [-0.1, -0.05) is 26.8 Å². The summed E-state index contributed by atoms with van der Waals surface area (Å²) in [5.74, 6) is 0. The van der Waals surface area contributed by atoms with Crippen molar-refractivity contribution in [2.75, 3.05) is 13.1 Å². The normalized spacial score (nSPS) is 17.8. The van der Waals surface area contributed by atoms with E-state index in [0.29, 0.717) is 0 Å². The van der Waals surface area contributed by atoms with E-state index < -0.39 is 0 Å². The monoisotopic (exact) mass is 196 g/mol. The molecule has 0 aromatic heterocycles. The Hall–Kier alpha value is -0.990. The van der Waals surface area contributed by atoms with Gasteiger partial charge < -0.3 is 10.2 Å². The Morgan fingerprint density at radius 3 is 2.36 bits per heavy atom. The molecule has 0 bridgehead atoms. The molecule has 0 aromatic rings. The molecule has 2 amide bonds. The quantitative estimate of drug-likeness (QED) is 0.686. The third-order valence-corrected chi connectivity index (χ3v) is 2.18. The first kappa shape index (κ1) is 11.1. The second-order valence-electron chi connectivity index (χ2n) is 4.84. The van der Waals surface area contributed by atoms with E-state index >= 15 is 0 Å². The lowest BCUT2D eigenvalue weighted by Gasteiger charge is -2.15. The van der Waals surface area contributed by atoms with E-state index in [9.17, 15) is 4.79 Å². The smallest absolute Gasteiger partial charge is 0.321 e. The van der Waals surface area contributed by atoms with E-state index in [1.807, 2.05) is 11.0 Å². The van der Waals surface area contributed by atoms with Crippen LogP contribution in [0.5, 0.6) is 0 Å². The highest BCUT2D eigenvalue weighted by atomic mass is 16.2. The largest absolute Gasteiger partial charge is 0.325 e. The highest BCUT2D eigenvalue weighted by molar-refractivity contribution is 5.75. The predicted octanol–water partition coefficient (Wildman–Crippen LogP) is 2.35. The summed E-state index contributed by atoms with van der Waals surface area (Å²) in [5, 5.41) is 2.79. The Balaban J connectivity index is 2.30. The summed E-state index contributed by atoms with van der Waals surface area (Å²) in [6, 6.07) is 0.0306. The third-order valence-electron chi connectivity index (χ3n) is 2.18. The molecule has 0 saturated carbocycles. The van der Waals surface area contributed by atoms with E-state index in [-0.39, 0.29) is 11.4 Å². The topological polar surface area (TPSA) is 32.3 Å². The van der Waals surface area contributed by atoms with Crippen LogP contribution in [0.4, 0.5) is 4.79 Å². The molecule has 1 aliphatic rings. The third kappa shape index (κ3) is 3.81. The summed E-state index contributed by atoms with van der Waals surface area (Å²) in [6.07, 6.45) is 6.02. The van der Waals surface area contributed by atoms with E-state index in [1.165, 1.54) is 0 Å². The molecule has 1 N–H and O–H groups in total. The lowest BCUT2D eigenvalue weighted by Crippen LogP contribution is -2.35. The first-order chi connectivity index (χ1) is 6.49. The highest BCUT2D eigenvalue weighted by Crippen LogP contribution is 2.13. The van der Waals surface area contributed by atoms with Gasteiger partial charge in [-0.25, -0.2) is 4.79 Å². The zero-order valence-corrected chi connectivity index (χ0v) is 9.34. The number of allylic oxidation sites excluding steroid dienone is 1. The van der Waals surface area contributed by atoms with Gasteiger partial charge in [0.05, 0.1) is 0 Å². The van der Waals surface area contributed by atoms with Crippen LogP contribution in [-0.2, 0) is 0 Å². The van der Waals surface area contributed by atoms with E-state index in [0.717, 1.165) is 25.9 Å². The number of hydrogen-bond acceptors (Lipinski definition) is 1. The fourth-order valence-corrected chi connectivity index (χ4v) is 1.37. The van der Waals surface area contributed by atoms with Gasteiger partial charge in [-0.05, 0) is 18.3 Å². The minimum atomic E-state index is 0.0306. The number of rotatable bonds is 1. The fourth-order valence-electron chi connectivity index (χ4n) is 1.37. The van der Waals surface area contributed by atoms with Gasteiger partial charge in [0.2, 0.25) is 0 Å². The van der Waals surface area contributed by atoms with Crippen LogP contribution < -0.4 is 5.32 Å². The SMILES string of the molecule is CC(C)(C)/C=C/NC(=O)N1CCCC1. The molecular weight excluding hydrogens is 176 g/mol. The van der Waals surface area contributed by atoms with Gasteiger partial charge in [-0.15, -0.1) is 0 Å². The predicted molar refractivity (Wildman–Crippen MR) is 57.9 cm³/mol. The van der Waals surface area contributed by atoms with Crippen molar-refractivity contribution in [3.63, 3.8) is 0 Å². The Morgan fingerprint density at radius 2 is 1.86 bits per heavy atom. The summed E-state index contributed by atoms with van der Waals surface area (Å²) in [5.41, 5.74) is 0.123. The maximum atomic E-state index is 11.5. The highest BCUT2D eigenvalue weighted by Gasteiger charge is 2.16. The van der Waals surface area contributed by atoms with Crippen LogP contribution in [0, 0.1) is 5.41 Å². The number of nitrogens with one attached hydrogen (secondary N) is 1. The number of amides is 2. The van der Waals surface area contributed by atoms with Crippen molar-refractivity contribution in [2.45, 2.75) is 33.6 Å². The van der Waals surface area contributed by atoms with Crippen molar-refractivity contribution in [3.05, 3.63) is 12.3 Å². The number of likely N-dealkylation sites (tertiary alicyclic amines) is 1. The van der Waals surface area contributed by atoms with Crippen LogP contribution in [0.1, 0.15) is 33.6 Å². The molecule has 3 heteroatoms. The zero-order chi connectivity index (χ0) is 10.6. The Bertz CT molecular complexity index is 222. The van der Waals surface area contributed by atoms with Crippen LogP contribution in [0.25, 0.3) is 0 Å². The van der Waals surface area contributed by atoms with Crippen molar-refractivity contribution in [1.29, 1.82) is 0 Å². The molecule has 1 aliphatic heterocycles. The van der Waals surface area contributed by atoms with Crippen LogP contribution >= 0.6 is 0 Å². The number of carbonyl (C=O) groups excluding carboxylic acids is 1. The fraction of sp³-hybridized carbons (Fsp3) is 0.727. The van der Waals surface area contributed by atoms with Gasteiger partial charge in [0, 0.05) is 19.3 Å². The average molecular weight is 196 g/mol. The molecule has 0 aliphatic carbocycles. The van der Waals surface area contributed by atoms with Crippen molar-refractivity contribution in [1.82, 2.24) is 10.2 Å². The number of hydrogen-bond donors (Lipinski definition) is 1. The molecule has 0 atom stereocenters. The van der Waals surface area contributed by atoms with E-state index in [2.05, 4.69) is 26.1 Å². The van der Waals surface area contributed by atoms with Gasteiger partial charge in [-0.3, -0.25) is 0 Å². The molecular formula is C11H20N2O. The van der Waals surface area contributed by atoms with Gasteiger partial charge in [0.15, 0.2) is 0 Å². The van der Waals surface area contributed by atoms with Crippen LogP contribution in [-0.4, -0.2) is 24.0 Å². The summed E-state index contributed by atoms with van der Waals surface area (Å²) in [7, 11) is 0. The second kappa shape index (κ2) is 4.49. The second-order valence-corrected chi connectivity index (χ2v) is 4.84. The molecule has 1 saturated heterocycles. The molecule has 1 heterocycles. The Morgan fingerprint density at radius 1 is 1.29 bits per heavy atom. The van der Waals surface area contributed by atoms with Crippen LogP contribution in [0.3, 0.4) is 0 Å². The van der Waals surface area contributed by atoms with Crippen molar-refractivity contribution in [2.24, 2.45) is 5.41 Å². The van der Waals surface area contributed by atoms with Crippen molar-refractivity contribution < 1.29 is 4.79 Å². The zero-order valence-electron chi connectivity index (χ0n) is 9.34. The molecule has 0 aromatic carbocycles. The molecule has 1 fully saturated rings. The van der Waals surface area contributed by atoms with E-state index in [4.69, 9.17) is 0 Å². The van der Waals surface area contributed by atoms with Crippen LogP contribution in [0.15, 0.2) is 12.3 Å². The summed E-state index contributed by atoms with van der Waals surface area (Å²) < 4.78 is 0. The first-order valence-corrected chi connectivity index (χ1v) is 5.22. The van der Waals surface area contributed by atoms with Crippen molar-refractivity contribution in [3.8, 4) is 0 Å². The van der Waals surface area contributed by atoms with Gasteiger partial charge in [-0.2, -0.15) is 0 Å². The van der Waals surface area contributed by atoms with Gasteiger partial charge in [0.25, 0.3) is 0 Å². The molecule has 3 nitrogen and oxygen atoms in total. The number of carbonyl (C=O) groups is 1. The molecule has 0 spiro atoms. The van der Waals surface area contributed by atoms with E-state index in [1.54, 1.807) is 6.20 Å². The maximum absolute atomic E-state index is 11.5. The van der Waals surface area contributed by atoms with Crippen molar-refractivity contribution >= 4 is 6.03 Å². The van der Waals surface area contributed by atoms with Gasteiger partial charge in [0.1, 0.15) is 0 Å². The van der Waals surface area contributed by atoms with Crippen LogP contribution in [0.2, 0.25) is 0 Å². The number of nitrogens with zero attached hydrogens (tertiary/aromatic N) is 1. The standard InChI is InChI=1S/C11H20N2O/c1-11(2,3)6-7-12-10(14)13-8-4-5-9-13/h6-7H,4-5,8-9H2,1-3H3,(H,12,14)/b7-6+. The Kier molecular flexibility index (Phi) is 3.55. The molecule has 1 rings (SSSR count). The Labute approximate surface area is 86.2 Å². The molecule has 14 heavy (non-hydrogen) atoms. The average Bonchev–Trinajstić information content (AvgIpc) is 2.53. The number of urea groups is 1. The minimum Gasteiger partial charge on any atom is -0.325 e. The first-order valence-electron chi connectivity index (χ1n) is 5.22. The molecule has 0 radical (unpaired) electrons. The van der Waals surface area contributed by atoms with Gasteiger partial charge >= 0.3 is 6.03 Å². The lowest BCUT2D eigenvalue weighted by molar-refractivity contribution is 0.212. The summed E-state index contributed by atoms with van der Waals surface area (Å²) in [6.45, 7) is 8.10.